The van der Waals surface area contributed by atoms with Crippen molar-refractivity contribution in [2.75, 3.05) is 10.7 Å². The van der Waals surface area contributed by atoms with Gasteiger partial charge in [0.15, 0.2) is 0 Å². The monoisotopic (exact) mass is 1210 g/mol. The van der Waals surface area contributed by atoms with Crippen molar-refractivity contribution in [3.05, 3.63) is 130 Å². The Kier molecular flexibility index (Phi) is 33.2. The van der Waals surface area contributed by atoms with Crippen molar-refractivity contribution in [3.8, 4) is 22.5 Å². The quantitative estimate of drug-likeness (QED) is 0.0365. The number of hydrogen-bond acceptors (Lipinski definition) is 0. The van der Waals surface area contributed by atoms with Gasteiger partial charge in [-0.25, -0.2) is 0 Å². The summed E-state index contributed by atoms with van der Waals surface area (Å²) in [6.45, 7) is 32.5. The summed E-state index contributed by atoms with van der Waals surface area (Å²) in [4.78, 5) is 0. The van der Waals surface area contributed by atoms with Gasteiger partial charge < -0.3 is 24.8 Å². The van der Waals surface area contributed by atoms with E-state index in [1.54, 1.807) is 27.6 Å². The van der Waals surface area contributed by atoms with Gasteiger partial charge in [0.2, 0.25) is 0 Å². The summed E-state index contributed by atoms with van der Waals surface area (Å²) in [5, 5.41) is 2.14. The smallest absolute Gasteiger partial charge is 1.00 e. The Labute approximate surface area is 487 Å². The number of hydrogen-bond donors (Lipinski definition) is 0. The van der Waals surface area contributed by atoms with Crippen LogP contribution in [0.5, 0.6) is 0 Å². The standard InChI is InChI=1S/C33H49P.C27H36N2.2CH2Cl2.2ClH.Pd/c1-23(2)26-21-30(24(3)4)33(31(22-26)25(5)6)29-19-13-14-20-32(29)34(27-15-9-7-10-16-27)28-17-11-8-12-18-28;1-18(2)22-11-9-12-23(19(3)4)26(22)28-15-16-29(17-28)27-24(20(5)6)13-10-14-25(27)21(7)8;2*2-1-3;;;/h13-14,19-25,27-28H,7-12,15-18H2,1-6H3;9-16,18-21H,1-8H3;2*1H2;2*1H;/q;;;;;;+2/p-2. The molecule has 0 atom stereocenters. The average molecular weight is 1210 g/mol. The third kappa shape index (κ3) is 18.6. The van der Waals surface area contributed by atoms with E-state index < -0.39 is 0 Å². The van der Waals surface area contributed by atoms with E-state index in [1.807, 2.05) is 0 Å². The Hall–Kier alpha value is -1.08. The molecule has 0 spiro atoms. The molecule has 0 radical (unpaired) electrons. The molecule has 0 bridgehead atoms. The van der Waals surface area contributed by atoms with Crippen molar-refractivity contribution < 1.29 is 49.8 Å². The number of alkyl halides is 4. The molecule has 2 saturated carbocycles. The maximum Gasteiger partial charge on any atom is 2.00 e. The molecule has 1 aromatic heterocycles. The van der Waals surface area contributed by atoms with E-state index in [1.165, 1.54) is 103 Å². The van der Waals surface area contributed by atoms with E-state index >= 15 is 0 Å². The van der Waals surface area contributed by atoms with Crippen LogP contribution in [-0.2, 0) is 20.4 Å². The van der Waals surface area contributed by atoms with Gasteiger partial charge in [-0.1, -0.05) is 216 Å². The van der Waals surface area contributed by atoms with Crippen LogP contribution in [0.2, 0.25) is 0 Å². The molecule has 2 aliphatic rings. The second kappa shape index (κ2) is 34.6. The van der Waals surface area contributed by atoms with Crippen molar-refractivity contribution in [2.45, 2.75) is 214 Å². The molecule has 4 aromatic carbocycles. The molecular weight excluding hydrogens is 1120 g/mol. The van der Waals surface area contributed by atoms with Gasteiger partial charge in [-0.15, -0.1) is 46.4 Å². The molecular formula is C62H89Cl6N2PPd. The van der Waals surface area contributed by atoms with Gasteiger partial charge in [-0.3, -0.25) is 9.13 Å². The summed E-state index contributed by atoms with van der Waals surface area (Å²) in [7, 11) is -0.120. The Balaban J connectivity index is 0.000000631. The Morgan fingerprint density at radius 1 is 0.514 bits per heavy atom. The molecule has 0 amide bonds. The molecule has 0 unspecified atom stereocenters. The molecule has 5 aromatic rings. The summed E-state index contributed by atoms with van der Waals surface area (Å²) < 4.78 is 4.40. The number of rotatable bonds is 13. The van der Waals surface area contributed by atoms with Gasteiger partial charge in [0, 0.05) is 12.4 Å². The minimum Gasteiger partial charge on any atom is -1.00 e. The second-order valence-electron chi connectivity index (χ2n) is 21.6. The van der Waals surface area contributed by atoms with Crippen LogP contribution >= 0.6 is 54.3 Å². The zero-order chi connectivity index (χ0) is 50.9. The molecule has 0 saturated heterocycles. The molecule has 404 valence electrons. The third-order valence-electron chi connectivity index (χ3n) is 14.3. The van der Waals surface area contributed by atoms with Gasteiger partial charge in [0.05, 0.1) is 22.1 Å². The number of aromatic nitrogens is 2. The van der Waals surface area contributed by atoms with Crippen LogP contribution in [0.15, 0.2) is 85.2 Å². The molecule has 7 rings (SSSR count). The maximum atomic E-state index is 4.76. The number of benzene rings is 4. The SMILES string of the molecule is CC(C)c1cc(C(C)C)c(-c2ccccc2P(C2CCCCC2)C2CCCCC2)c(C(C)C)c1.CC(C)c1cccc(C(C)C)c1-n1[c-][n+](-c2c(C(C)C)cccc2C(C)C)cc1.ClCCl.ClCCl.[Cl-].[Cl-].[Pd+2]. The van der Waals surface area contributed by atoms with Crippen molar-refractivity contribution in [1.29, 1.82) is 0 Å². The van der Waals surface area contributed by atoms with Crippen LogP contribution in [0.3, 0.4) is 0 Å². The van der Waals surface area contributed by atoms with Crippen molar-refractivity contribution in [1.82, 2.24) is 4.57 Å². The van der Waals surface area contributed by atoms with Crippen LogP contribution in [0.4, 0.5) is 0 Å². The van der Waals surface area contributed by atoms with Crippen LogP contribution in [0, 0.1) is 6.33 Å². The van der Waals surface area contributed by atoms with E-state index in [4.69, 9.17) is 46.4 Å². The van der Waals surface area contributed by atoms with E-state index in [2.05, 4.69) is 198 Å². The summed E-state index contributed by atoms with van der Waals surface area (Å²) in [6, 6.07) is 28.2. The first-order valence-electron chi connectivity index (χ1n) is 26.5. The minimum absolute atomic E-state index is 0. The third-order valence-corrected chi connectivity index (χ3v) is 17.8. The van der Waals surface area contributed by atoms with Gasteiger partial charge >= 0.3 is 20.4 Å². The van der Waals surface area contributed by atoms with Gasteiger partial charge in [-0.05, 0) is 134 Å². The number of nitrogens with zero attached hydrogens (tertiary/aromatic N) is 2. The minimum atomic E-state index is -0.120. The summed E-state index contributed by atoms with van der Waals surface area (Å²) in [6.07, 6.45) is 22.6. The second-order valence-corrected chi connectivity index (χ2v) is 25.9. The van der Waals surface area contributed by atoms with Crippen LogP contribution in [0.25, 0.3) is 22.5 Å². The van der Waals surface area contributed by atoms with Crippen LogP contribution in [0.1, 0.15) is 242 Å². The zero-order valence-corrected chi connectivity index (χ0v) is 53.2. The van der Waals surface area contributed by atoms with Crippen molar-refractivity contribution in [2.24, 2.45) is 0 Å². The fourth-order valence-corrected chi connectivity index (χ4v) is 14.7. The first-order chi connectivity index (χ1) is 32.9. The molecule has 1 heterocycles. The van der Waals surface area contributed by atoms with E-state index in [-0.39, 0.29) is 63.8 Å². The van der Waals surface area contributed by atoms with E-state index in [0.29, 0.717) is 41.4 Å². The van der Waals surface area contributed by atoms with Gasteiger partial charge in [0.1, 0.15) is 0 Å². The number of imidazole rings is 1. The van der Waals surface area contributed by atoms with Crippen molar-refractivity contribution >= 4 is 59.6 Å². The first-order valence-corrected chi connectivity index (χ1v) is 30.1. The van der Waals surface area contributed by atoms with Crippen molar-refractivity contribution in [3.63, 3.8) is 0 Å². The topological polar surface area (TPSA) is 8.81 Å². The normalized spacial score (nSPS) is 14.1. The summed E-state index contributed by atoms with van der Waals surface area (Å²) >= 11 is 19.1. The molecule has 2 aliphatic carbocycles. The molecule has 72 heavy (non-hydrogen) atoms. The van der Waals surface area contributed by atoms with Crippen LogP contribution < -0.4 is 34.7 Å². The summed E-state index contributed by atoms with van der Waals surface area (Å²) in [5.74, 6) is 3.49. The fourth-order valence-electron chi connectivity index (χ4n) is 10.7. The predicted molar refractivity (Wildman–Crippen MR) is 310 cm³/mol. The molecule has 2 nitrogen and oxygen atoms in total. The largest absolute Gasteiger partial charge is 2.00 e. The van der Waals surface area contributed by atoms with E-state index in [9.17, 15) is 0 Å². The Morgan fingerprint density at radius 3 is 1.26 bits per heavy atom. The number of halogens is 6. The maximum absolute atomic E-state index is 4.76. The molecule has 0 aliphatic heterocycles. The van der Waals surface area contributed by atoms with Gasteiger partial charge in [0.25, 0.3) is 6.33 Å². The Morgan fingerprint density at radius 2 is 0.889 bits per heavy atom. The first kappa shape index (κ1) is 68.9. The van der Waals surface area contributed by atoms with Crippen LogP contribution in [-0.4, -0.2) is 26.6 Å². The number of para-hydroxylation sites is 2. The van der Waals surface area contributed by atoms with E-state index in [0.717, 1.165) is 11.3 Å². The Bertz CT molecular complexity index is 2110. The zero-order valence-electron chi connectivity index (χ0n) is 46.2. The molecule has 2 fully saturated rings. The molecule has 0 N–H and O–H groups in total. The van der Waals surface area contributed by atoms with Gasteiger partial charge in [-0.2, -0.15) is 0 Å². The average Bonchev–Trinajstić information content (AvgIpc) is 3.82. The fraction of sp³-hybridized carbons (Fsp3) is 0.565. The molecule has 10 heteroatoms. The predicted octanol–water partition coefficient (Wildman–Crippen LogP) is 14.4. The summed E-state index contributed by atoms with van der Waals surface area (Å²) in [5.41, 5.74) is 17.8.